The van der Waals surface area contributed by atoms with Crippen LogP contribution in [0.3, 0.4) is 0 Å². The van der Waals surface area contributed by atoms with Crippen molar-refractivity contribution in [2.45, 2.75) is 19.8 Å². The van der Waals surface area contributed by atoms with Gasteiger partial charge in [0.05, 0.1) is 6.20 Å². The highest BCUT2D eigenvalue weighted by Gasteiger charge is 2.05. The Labute approximate surface area is 69.6 Å². The van der Waals surface area contributed by atoms with Crippen LogP contribution in [-0.4, -0.2) is 15.1 Å². The van der Waals surface area contributed by atoms with Crippen molar-refractivity contribution in [3.63, 3.8) is 0 Å². The Morgan fingerprint density at radius 3 is 2.92 bits per heavy atom. The number of rotatable bonds is 1. The molecular formula is C8H9N3O. The van der Waals surface area contributed by atoms with E-state index in [9.17, 15) is 0 Å². The Kier molecular flexibility index (Phi) is 1.53. The average molecular weight is 163 g/mol. The Morgan fingerprint density at radius 2 is 2.17 bits per heavy atom. The van der Waals surface area contributed by atoms with E-state index in [1.165, 1.54) is 6.26 Å². The summed E-state index contributed by atoms with van der Waals surface area (Å²) in [4.78, 5) is 8.41. The van der Waals surface area contributed by atoms with Gasteiger partial charge in [0.2, 0.25) is 0 Å². The first-order valence-electron chi connectivity index (χ1n) is 3.84. The van der Waals surface area contributed by atoms with Crippen LogP contribution >= 0.6 is 0 Å². The number of aromatic nitrogens is 3. The Hall–Kier alpha value is -1.45. The van der Waals surface area contributed by atoms with Gasteiger partial charge in [0.1, 0.15) is 17.6 Å². The lowest BCUT2D eigenvalue weighted by atomic mass is 10.2. The lowest BCUT2D eigenvalue weighted by Gasteiger charge is -2.00. The van der Waals surface area contributed by atoms with Crippen LogP contribution in [-0.2, 0) is 0 Å². The monoisotopic (exact) mass is 163 g/mol. The van der Waals surface area contributed by atoms with Crippen molar-refractivity contribution < 1.29 is 4.52 Å². The topological polar surface area (TPSA) is 51.8 Å². The molecule has 0 radical (unpaired) electrons. The lowest BCUT2D eigenvalue weighted by molar-refractivity contribution is 0.428. The lowest BCUT2D eigenvalue weighted by Crippen LogP contribution is -1.95. The van der Waals surface area contributed by atoms with Crippen molar-refractivity contribution >= 4 is 11.0 Å². The van der Waals surface area contributed by atoms with Gasteiger partial charge in [-0.1, -0.05) is 19.0 Å². The predicted octanol–water partition coefficient (Wildman–Crippen LogP) is 1.74. The molecule has 0 amide bonds. The summed E-state index contributed by atoms with van der Waals surface area (Å²) in [6, 6.07) is 0. The molecule has 0 aliphatic carbocycles. The van der Waals surface area contributed by atoms with E-state index in [4.69, 9.17) is 4.52 Å². The first kappa shape index (κ1) is 7.21. The number of nitrogens with zero attached hydrogens (tertiary/aromatic N) is 3. The molecule has 0 saturated heterocycles. The molecule has 2 aromatic heterocycles. The molecule has 2 rings (SSSR count). The summed E-state index contributed by atoms with van der Waals surface area (Å²) in [7, 11) is 0. The van der Waals surface area contributed by atoms with Gasteiger partial charge in [0.25, 0.3) is 0 Å². The number of hydrogen-bond donors (Lipinski definition) is 0. The Morgan fingerprint density at radius 1 is 1.33 bits per heavy atom. The summed E-state index contributed by atoms with van der Waals surface area (Å²) in [5, 5.41) is 3.72. The molecule has 0 atom stereocenters. The maximum Gasteiger partial charge on any atom is 0.150 e. The van der Waals surface area contributed by atoms with Crippen molar-refractivity contribution in [3.8, 4) is 0 Å². The van der Waals surface area contributed by atoms with Crippen LogP contribution in [0.4, 0.5) is 0 Å². The molecular weight excluding hydrogens is 154 g/mol. The molecule has 0 fully saturated rings. The fourth-order valence-electron chi connectivity index (χ4n) is 0.971. The molecule has 0 unspecified atom stereocenters. The zero-order chi connectivity index (χ0) is 8.55. The highest BCUT2D eigenvalue weighted by atomic mass is 16.5. The minimum Gasteiger partial charge on any atom is -0.362 e. The standard InChI is InChI=1S/C8H9N3O/c1-5(2)8-9-3-6-7(10-8)4-12-11-6/h3-5H,1-2H3. The van der Waals surface area contributed by atoms with Gasteiger partial charge < -0.3 is 4.52 Å². The van der Waals surface area contributed by atoms with Crippen molar-refractivity contribution in [2.24, 2.45) is 0 Å². The molecule has 0 aliphatic rings. The molecule has 0 aliphatic heterocycles. The van der Waals surface area contributed by atoms with E-state index >= 15 is 0 Å². The minimum absolute atomic E-state index is 0.337. The summed E-state index contributed by atoms with van der Waals surface area (Å²) in [5.74, 6) is 1.16. The highest BCUT2D eigenvalue weighted by Crippen LogP contribution is 2.12. The largest absolute Gasteiger partial charge is 0.362 e. The first-order chi connectivity index (χ1) is 5.77. The van der Waals surface area contributed by atoms with E-state index in [0.29, 0.717) is 11.4 Å². The van der Waals surface area contributed by atoms with Gasteiger partial charge in [-0.15, -0.1) is 0 Å². The molecule has 62 valence electrons. The van der Waals surface area contributed by atoms with Gasteiger partial charge in [-0.25, -0.2) is 9.97 Å². The molecule has 4 heteroatoms. The van der Waals surface area contributed by atoms with E-state index in [2.05, 4.69) is 29.0 Å². The molecule has 0 saturated carbocycles. The average Bonchev–Trinajstić information content (AvgIpc) is 2.49. The van der Waals surface area contributed by atoms with Gasteiger partial charge in [0, 0.05) is 5.92 Å². The summed E-state index contributed by atoms with van der Waals surface area (Å²) >= 11 is 0. The van der Waals surface area contributed by atoms with E-state index in [1.807, 2.05) is 0 Å². The van der Waals surface area contributed by atoms with Crippen molar-refractivity contribution in [1.82, 2.24) is 15.1 Å². The van der Waals surface area contributed by atoms with Crippen LogP contribution < -0.4 is 0 Å². The molecule has 0 spiro atoms. The zero-order valence-electron chi connectivity index (χ0n) is 6.98. The minimum atomic E-state index is 0.337. The molecule has 0 aromatic carbocycles. The quantitative estimate of drug-likeness (QED) is 0.642. The summed E-state index contributed by atoms with van der Waals surface area (Å²) in [6.07, 6.45) is 3.21. The van der Waals surface area contributed by atoms with Gasteiger partial charge >= 0.3 is 0 Å². The number of fused-ring (bicyclic) bond motifs is 1. The molecule has 4 nitrogen and oxygen atoms in total. The highest BCUT2D eigenvalue weighted by molar-refractivity contribution is 5.70. The van der Waals surface area contributed by atoms with Crippen LogP contribution in [0.2, 0.25) is 0 Å². The molecule has 2 heterocycles. The van der Waals surface area contributed by atoms with Crippen LogP contribution in [0.15, 0.2) is 17.0 Å². The van der Waals surface area contributed by atoms with Gasteiger partial charge in [-0.2, -0.15) is 0 Å². The SMILES string of the molecule is CC(C)c1ncc2nocc2n1. The van der Waals surface area contributed by atoms with Crippen molar-refractivity contribution in [1.29, 1.82) is 0 Å². The molecule has 2 aromatic rings. The smallest absolute Gasteiger partial charge is 0.150 e. The Bertz CT molecular complexity index is 394. The van der Waals surface area contributed by atoms with E-state index in [0.717, 1.165) is 11.3 Å². The second-order valence-corrected chi connectivity index (χ2v) is 2.97. The third-order valence-corrected chi connectivity index (χ3v) is 1.65. The number of hydrogen-bond acceptors (Lipinski definition) is 4. The summed E-state index contributed by atoms with van der Waals surface area (Å²) < 4.78 is 4.75. The molecule has 0 N–H and O–H groups in total. The Balaban J connectivity index is 2.60. The fraction of sp³-hybridized carbons (Fsp3) is 0.375. The van der Waals surface area contributed by atoms with Crippen LogP contribution in [0.1, 0.15) is 25.6 Å². The zero-order valence-corrected chi connectivity index (χ0v) is 6.98. The third-order valence-electron chi connectivity index (χ3n) is 1.65. The maximum atomic E-state index is 4.75. The van der Waals surface area contributed by atoms with Crippen LogP contribution in [0, 0.1) is 0 Å². The first-order valence-corrected chi connectivity index (χ1v) is 3.84. The second kappa shape index (κ2) is 2.55. The predicted molar refractivity (Wildman–Crippen MR) is 43.7 cm³/mol. The molecule has 12 heavy (non-hydrogen) atoms. The van der Waals surface area contributed by atoms with Crippen molar-refractivity contribution in [3.05, 3.63) is 18.3 Å². The third kappa shape index (κ3) is 1.05. The van der Waals surface area contributed by atoms with Gasteiger partial charge in [-0.05, 0) is 0 Å². The van der Waals surface area contributed by atoms with Crippen molar-refractivity contribution in [2.75, 3.05) is 0 Å². The van der Waals surface area contributed by atoms with Crippen LogP contribution in [0.5, 0.6) is 0 Å². The summed E-state index contributed by atoms with van der Waals surface area (Å²) in [6.45, 7) is 4.10. The normalized spacial score (nSPS) is 11.2. The van der Waals surface area contributed by atoms with E-state index < -0.39 is 0 Å². The van der Waals surface area contributed by atoms with Gasteiger partial charge in [0.15, 0.2) is 5.52 Å². The van der Waals surface area contributed by atoms with E-state index in [-0.39, 0.29) is 0 Å². The second-order valence-electron chi connectivity index (χ2n) is 2.97. The fourth-order valence-corrected chi connectivity index (χ4v) is 0.971. The van der Waals surface area contributed by atoms with Crippen LogP contribution in [0.25, 0.3) is 11.0 Å². The van der Waals surface area contributed by atoms with Gasteiger partial charge in [-0.3, -0.25) is 0 Å². The maximum absolute atomic E-state index is 4.75. The molecule has 0 bridgehead atoms. The summed E-state index contributed by atoms with van der Waals surface area (Å²) in [5.41, 5.74) is 1.48. The van der Waals surface area contributed by atoms with E-state index in [1.54, 1.807) is 6.20 Å².